The summed E-state index contributed by atoms with van der Waals surface area (Å²) in [6.45, 7) is 0.573. The van der Waals surface area contributed by atoms with Gasteiger partial charge >= 0.3 is 0 Å². The molecular formula is C16H13ClFNO. The fraction of sp³-hybridized carbons (Fsp3) is 0.125. The standard InChI is InChI=1S/C16H13ClFNO/c17-14-5-4-11(8-15(14)18)9-19-7-6-13-12(10-20)2-1-3-16(13)19/h1-8,20H,9-10H2. The summed E-state index contributed by atoms with van der Waals surface area (Å²) in [5.74, 6) is -0.406. The van der Waals surface area contributed by atoms with Crippen LogP contribution in [0.2, 0.25) is 5.02 Å². The van der Waals surface area contributed by atoms with E-state index in [1.54, 1.807) is 6.07 Å². The van der Waals surface area contributed by atoms with E-state index >= 15 is 0 Å². The molecule has 0 saturated heterocycles. The predicted molar refractivity (Wildman–Crippen MR) is 78.4 cm³/mol. The van der Waals surface area contributed by atoms with Crippen molar-refractivity contribution in [3.05, 3.63) is 70.6 Å². The van der Waals surface area contributed by atoms with Gasteiger partial charge in [-0.1, -0.05) is 29.8 Å². The molecule has 0 unspecified atom stereocenters. The van der Waals surface area contributed by atoms with E-state index in [-0.39, 0.29) is 11.6 Å². The number of hydrogen-bond acceptors (Lipinski definition) is 1. The summed E-state index contributed by atoms with van der Waals surface area (Å²) in [5, 5.41) is 10.5. The molecule has 3 rings (SSSR count). The summed E-state index contributed by atoms with van der Waals surface area (Å²) in [4.78, 5) is 0. The summed E-state index contributed by atoms with van der Waals surface area (Å²) in [7, 11) is 0. The summed E-state index contributed by atoms with van der Waals surface area (Å²) in [5.41, 5.74) is 2.76. The van der Waals surface area contributed by atoms with Gasteiger partial charge in [0, 0.05) is 23.6 Å². The Hall–Kier alpha value is -1.84. The Balaban J connectivity index is 2.00. The van der Waals surface area contributed by atoms with Gasteiger partial charge in [-0.15, -0.1) is 0 Å². The third-order valence-electron chi connectivity index (χ3n) is 3.41. The summed E-state index contributed by atoms with van der Waals surface area (Å²) >= 11 is 5.69. The van der Waals surface area contributed by atoms with E-state index in [0.717, 1.165) is 22.0 Å². The molecule has 4 heteroatoms. The Morgan fingerprint density at radius 2 is 2.00 bits per heavy atom. The van der Waals surface area contributed by atoms with Crippen molar-refractivity contribution < 1.29 is 9.50 Å². The second kappa shape index (κ2) is 5.27. The number of aliphatic hydroxyl groups excluding tert-OH is 1. The minimum atomic E-state index is -0.406. The van der Waals surface area contributed by atoms with Crippen LogP contribution in [-0.2, 0) is 13.2 Å². The van der Waals surface area contributed by atoms with E-state index in [1.165, 1.54) is 6.07 Å². The van der Waals surface area contributed by atoms with Crippen molar-refractivity contribution in [1.82, 2.24) is 4.57 Å². The van der Waals surface area contributed by atoms with Crippen molar-refractivity contribution in [1.29, 1.82) is 0 Å². The van der Waals surface area contributed by atoms with Gasteiger partial charge < -0.3 is 9.67 Å². The van der Waals surface area contributed by atoms with Gasteiger partial charge in [0.15, 0.2) is 0 Å². The molecule has 1 N–H and O–H groups in total. The largest absolute Gasteiger partial charge is 0.392 e. The van der Waals surface area contributed by atoms with E-state index in [1.807, 2.05) is 41.1 Å². The number of aromatic nitrogens is 1. The van der Waals surface area contributed by atoms with Crippen molar-refractivity contribution in [2.75, 3.05) is 0 Å². The number of fused-ring (bicyclic) bond motifs is 1. The highest BCUT2D eigenvalue weighted by molar-refractivity contribution is 6.30. The number of benzene rings is 2. The number of halogens is 2. The van der Waals surface area contributed by atoms with Crippen LogP contribution >= 0.6 is 11.6 Å². The first-order chi connectivity index (χ1) is 9.69. The minimum Gasteiger partial charge on any atom is -0.392 e. The predicted octanol–water partition coefficient (Wildman–Crippen LogP) is 3.97. The lowest BCUT2D eigenvalue weighted by Crippen LogP contribution is -1.98. The Bertz CT molecular complexity index is 766. The van der Waals surface area contributed by atoms with Gasteiger partial charge in [0.05, 0.1) is 11.6 Å². The molecule has 0 spiro atoms. The molecule has 0 aliphatic rings. The maximum atomic E-state index is 13.5. The number of aliphatic hydroxyl groups is 1. The molecule has 20 heavy (non-hydrogen) atoms. The second-order valence-electron chi connectivity index (χ2n) is 4.70. The van der Waals surface area contributed by atoms with Crippen molar-refractivity contribution >= 4 is 22.5 Å². The van der Waals surface area contributed by atoms with E-state index in [9.17, 15) is 9.50 Å². The Morgan fingerprint density at radius 3 is 2.75 bits per heavy atom. The summed E-state index contributed by atoms with van der Waals surface area (Å²) < 4.78 is 15.5. The molecule has 0 aliphatic heterocycles. The average molecular weight is 290 g/mol. The van der Waals surface area contributed by atoms with Gasteiger partial charge in [0.25, 0.3) is 0 Å². The fourth-order valence-electron chi connectivity index (χ4n) is 2.40. The third-order valence-corrected chi connectivity index (χ3v) is 3.72. The smallest absolute Gasteiger partial charge is 0.142 e. The van der Waals surface area contributed by atoms with E-state index in [2.05, 4.69) is 0 Å². The van der Waals surface area contributed by atoms with Crippen LogP contribution in [-0.4, -0.2) is 9.67 Å². The van der Waals surface area contributed by atoms with Gasteiger partial charge in [-0.25, -0.2) is 4.39 Å². The monoisotopic (exact) mass is 289 g/mol. The zero-order chi connectivity index (χ0) is 14.1. The molecule has 0 radical (unpaired) electrons. The number of rotatable bonds is 3. The Morgan fingerprint density at radius 1 is 1.15 bits per heavy atom. The van der Waals surface area contributed by atoms with Gasteiger partial charge in [-0.2, -0.15) is 0 Å². The maximum Gasteiger partial charge on any atom is 0.142 e. The number of hydrogen-bond donors (Lipinski definition) is 1. The van der Waals surface area contributed by atoms with Crippen LogP contribution in [0.15, 0.2) is 48.7 Å². The van der Waals surface area contributed by atoms with Crippen LogP contribution in [0.1, 0.15) is 11.1 Å². The summed E-state index contributed by atoms with van der Waals surface area (Å²) in [6, 6.07) is 12.6. The zero-order valence-electron chi connectivity index (χ0n) is 10.7. The molecule has 3 aromatic rings. The maximum absolute atomic E-state index is 13.5. The van der Waals surface area contributed by atoms with E-state index in [4.69, 9.17) is 11.6 Å². The molecule has 0 fully saturated rings. The highest BCUT2D eigenvalue weighted by Gasteiger charge is 2.07. The SMILES string of the molecule is OCc1cccc2c1ccn2Cc1ccc(Cl)c(F)c1. The third kappa shape index (κ3) is 2.30. The van der Waals surface area contributed by atoms with Gasteiger partial charge in [0.1, 0.15) is 5.82 Å². The molecule has 102 valence electrons. The molecule has 0 atom stereocenters. The highest BCUT2D eigenvalue weighted by atomic mass is 35.5. The van der Waals surface area contributed by atoms with Crippen molar-refractivity contribution in [2.24, 2.45) is 0 Å². The Kier molecular flexibility index (Phi) is 3.47. The van der Waals surface area contributed by atoms with Crippen molar-refractivity contribution in [3.8, 4) is 0 Å². The lowest BCUT2D eigenvalue weighted by molar-refractivity contribution is 0.283. The molecule has 1 heterocycles. The van der Waals surface area contributed by atoms with Crippen LogP contribution in [0.3, 0.4) is 0 Å². The fourth-order valence-corrected chi connectivity index (χ4v) is 2.52. The van der Waals surface area contributed by atoms with E-state index < -0.39 is 5.82 Å². The van der Waals surface area contributed by atoms with Gasteiger partial charge in [0.2, 0.25) is 0 Å². The van der Waals surface area contributed by atoms with Crippen molar-refractivity contribution in [3.63, 3.8) is 0 Å². The highest BCUT2D eigenvalue weighted by Crippen LogP contribution is 2.22. The first-order valence-corrected chi connectivity index (χ1v) is 6.68. The average Bonchev–Trinajstić information content (AvgIpc) is 2.86. The molecule has 2 nitrogen and oxygen atoms in total. The first-order valence-electron chi connectivity index (χ1n) is 6.30. The van der Waals surface area contributed by atoms with Gasteiger partial charge in [-0.3, -0.25) is 0 Å². The van der Waals surface area contributed by atoms with Crippen LogP contribution in [0, 0.1) is 5.82 Å². The first kappa shape index (κ1) is 13.2. The van der Waals surface area contributed by atoms with Crippen LogP contribution in [0.5, 0.6) is 0 Å². The molecular weight excluding hydrogens is 277 g/mol. The lowest BCUT2D eigenvalue weighted by Gasteiger charge is -2.07. The minimum absolute atomic E-state index is 0.0108. The molecule has 0 aliphatic carbocycles. The normalized spacial score (nSPS) is 11.2. The quantitative estimate of drug-likeness (QED) is 0.775. The lowest BCUT2D eigenvalue weighted by atomic mass is 10.1. The molecule has 2 aromatic carbocycles. The topological polar surface area (TPSA) is 25.2 Å². The molecule has 1 aromatic heterocycles. The Labute approximate surface area is 121 Å². The van der Waals surface area contributed by atoms with Crippen LogP contribution in [0.25, 0.3) is 10.9 Å². The van der Waals surface area contributed by atoms with Gasteiger partial charge in [-0.05, 0) is 35.4 Å². The molecule has 0 bridgehead atoms. The zero-order valence-corrected chi connectivity index (χ0v) is 11.4. The van der Waals surface area contributed by atoms with Crippen LogP contribution < -0.4 is 0 Å². The number of nitrogens with zero attached hydrogens (tertiary/aromatic N) is 1. The molecule has 0 amide bonds. The summed E-state index contributed by atoms with van der Waals surface area (Å²) in [6.07, 6.45) is 1.94. The van der Waals surface area contributed by atoms with Crippen molar-refractivity contribution in [2.45, 2.75) is 13.2 Å². The second-order valence-corrected chi connectivity index (χ2v) is 5.11. The van der Waals surface area contributed by atoms with Crippen LogP contribution in [0.4, 0.5) is 4.39 Å². The van der Waals surface area contributed by atoms with E-state index in [0.29, 0.717) is 6.54 Å². The molecule has 0 saturated carbocycles.